The molecular formula is C12H18BrN3. The summed E-state index contributed by atoms with van der Waals surface area (Å²) in [5.41, 5.74) is 0. The molecule has 1 aliphatic rings. The fourth-order valence-corrected chi connectivity index (χ4v) is 2.59. The number of likely N-dealkylation sites (tertiary alicyclic amines) is 1. The van der Waals surface area contributed by atoms with E-state index in [4.69, 9.17) is 0 Å². The van der Waals surface area contributed by atoms with Crippen molar-refractivity contribution in [1.29, 1.82) is 0 Å². The second kappa shape index (κ2) is 5.64. The maximum atomic E-state index is 4.31. The summed E-state index contributed by atoms with van der Waals surface area (Å²) in [5, 5.41) is 3.42. The average Bonchev–Trinajstić information content (AvgIpc) is 2.28. The van der Waals surface area contributed by atoms with Crippen molar-refractivity contribution in [3.05, 3.63) is 22.8 Å². The van der Waals surface area contributed by atoms with Gasteiger partial charge in [0.25, 0.3) is 0 Å². The van der Waals surface area contributed by atoms with E-state index < -0.39 is 0 Å². The largest absolute Gasteiger partial charge is 0.369 e. The Morgan fingerprint density at radius 1 is 1.62 bits per heavy atom. The van der Waals surface area contributed by atoms with Gasteiger partial charge in [-0.15, -0.1) is 0 Å². The van der Waals surface area contributed by atoms with Gasteiger partial charge in [-0.1, -0.05) is 0 Å². The van der Waals surface area contributed by atoms with Gasteiger partial charge in [0.05, 0.1) is 4.47 Å². The van der Waals surface area contributed by atoms with Crippen LogP contribution in [0, 0.1) is 5.92 Å². The van der Waals surface area contributed by atoms with Crippen molar-refractivity contribution in [2.75, 3.05) is 32.0 Å². The first-order valence-electron chi connectivity index (χ1n) is 5.78. The highest BCUT2D eigenvalue weighted by Gasteiger charge is 2.16. The van der Waals surface area contributed by atoms with Crippen molar-refractivity contribution in [2.45, 2.75) is 12.8 Å². The number of hydrogen-bond donors (Lipinski definition) is 1. The molecule has 0 spiro atoms. The second-order valence-electron chi connectivity index (χ2n) is 4.49. The summed E-state index contributed by atoms with van der Waals surface area (Å²) in [6, 6.07) is 3.95. The summed E-state index contributed by atoms with van der Waals surface area (Å²) in [5.74, 6) is 1.70. The molecule has 2 rings (SSSR count). The maximum absolute atomic E-state index is 4.31. The monoisotopic (exact) mass is 283 g/mol. The molecule has 0 bridgehead atoms. The van der Waals surface area contributed by atoms with Crippen molar-refractivity contribution in [1.82, 2.24) is 9.88 Å². The molecule has 0 amide bonds. The number of pyridine rings is 1. The van der Waals surface area contributed by atoms with Crippen LogP contribution in [-0.2, 0) is 0 Å². The van der Waals surface area contributed by atoms with E-state index in [1.165, 1.54) is 25.9 Å². The van der Waals surface area contributed by atoms with Crippen molar-refractivity contribution < 1.29 is 0 Å². The van der Waals surface area contributed by atoms with Crippen LogP contribution >= 0.6 is 15.9 Å². The minimum atomic E-state index is 0.743. The van der Waals surface area contributed by atoms with Gasteiger partial charge in [-0.2, -0.15) is 0 Å². The van der Waals surface area contributed by atoms with Gasteiger partial charge in [-0.3, -0.25) is 0 Å². The average molecular weight is 284 g/mol. The summed E-state index contributed by atoms with van der Waals surface area (Å²) >= 11 is 3.50. The van der Waals surface area contributed by atoms with Gasteiger partial charge < -0.3 is 10.2 Å². The van der Waals surface area contributed by atoms with Gasteiger partial charge in [0, 0.05) is 19.3 Å². The zero-order chi connectivity index (χ0) is 11.4. The third kappa shape index (κ3) is 3.19. The maximum Gasteiger partial charge on any atom is 0.140 e. The predicted molar refractivity (Wildman–Crippen MR) is 70.6 cm³/mol. The third-order valence-electron chi connectivity index (χ3n) is 3.04. The molecule has 1 fully saturated rings. The molecule has 0 radical (unpaired) electrons. The number of halogens is 1. The van der Waals surface area contributed by atoms with E-state index in [0.29, 0.717) is 0 Å². The van der Waals surface area contributed by atoms with E-state index in [-0.39, 0.29) is 0 Å². The van der Waals surface area contributed by atoms with Gasteiger partial charge in [0.15, 0.2) is 0 Å². The van der Waals surface area contributed by atoms with Crippen LogP contribution < -0.4 is 5.32 Å². The van der Waals surface area contributed by atoms with Gasteiger partial charge in [-0.25, -0.2) is 4.98 Å². The van der Waals surface area contributed by atoms with E-state index in [9.17, 15) is 0 Å². The number of rotatable bonds is 3. The Balaban J connectivity index is 1.85. The minimum Gasteiger partial charge on any atom is -0.369 e. The molecule has 16 heavy (non-hydrogen) atoms. The highest BCUT2D eigenvalue weighted by atomic mass is 79.9. The number of nitrogens with zero attached hydrogens (tertiary/aromatic N) is 2. The molecule has 1 unspecified atom stereocenters. The van der Waals surface area contributed by atoms with E-state index in [1.807, 2.05) is 18.3 Å². The molecule has 0 aromatic carbocycles. The van der Waals surface area contributed by atoms with Crippen molar-refractivity contribution in [3.8, 4) is 0 Å². The molecule has 1 aliphatic heterocycles. The molecule has 1 atom stereocenters. The van der Waals surface area contributed by atoms with E-state index >= 15 is 0 Å². The molecule has 0 saturated carbocycles. The summed E-state index contributed by atoms with van der Waals surface area (Å²) in [7, 11) is 2.20. The van der Waals surface area contributed by atoms with E-state index in [0.717, 1.165) is 22.8 Å². The first-order chi connectivity index (χ1) is 7.75. The van der Waals surface area contributed by atoms with Crippen molar-refractivity contribution >= 4 is 21.7 Å². The zero-order valence-electron chi connectivity index (χ0n) is 9.62. The first-order valence-corrected chi connectivity index (χ1v) is 6.58. The van der Waals surface area contributed by atoms with Crippen molar-refractivity contribution in [2.24, 2.45) is 5.92 Å². The molecule has 1 aromatic heterocycles. The number of anilines is 1. The lowest BCUT2D eigenvalue weighted by Crippen LogP contribution is -2.35. The topological polar surface area (TPSA) is 28.2 Å². The Kier molecular flexibility index (Phi) is 4.18. The quantitative estimate of drug-likeness (QED) is 0.924. The SMILES string of the molecule is CN1CCCC(CNc2ncccc2Br)C1. The molecule has 1 aromatic rings. The number of nitrogens with one attached hydrogen (secondary N) is 1. The Hall–Kier alpha value is -0.610. The number of aromatic nitrogens is 1. The standard InChI is InChI=1S/C12H18BrN3/c1-16-7-3-4-10(9-16)8-15-12-11(13)5-2-6-14-12/h2,5-6,10H,3-4,7-9H2,1H3,(H,14,15). The zero-order valence-corrected chi connectivity index (χ0v) is 11.2. The molecule has 3 nitrogen and oxygen atoms in total. The Bertz CT molecular complexity index is 343. The number of piperidine rings is 1. The van der Waals surface area contributed by atoms with Gasteiger partial charge in [0.1, 0.15) is 5.82 Å². The van der Waals surface area contributed by atoms with Crippen LogP contribution in [0.2, 0.25) is 0 Å². The normalized spacial score (nSPS) is 22.0. The second-order valence-corrected chi connectivity index (χ2v) is 5.34. The summed E-state index contributed by atoms with van der Waals surface area (Å²) < 4.78 is 1.04. The molecule has 2 heterocycles. The molecule has 1 N–H and O–H groups in total. The van der Waals surface area contributed by atoms with Crippen LogP contribution in [0.25, 0.3) is 0 Å². The van der Waals surface area contributed by atoms with Crippen LogP contribution in [0.1, 0.15) is 12.8 Å². The van der Waals surface area contributed by atoms with Crippen molar-refractivity contribution in [3.63, 3.8) is 0 Å². The minimum absolute atomic E-state index is 0.743. The van der Waals surface area contributed by atoms with Gasteiger partial charge in [-0.05, 0) is 60.4 Å². The smallest absolute Gasteiger partial charge is 0.140 e. The van der Waals surface area contributed by atoms with Crippen LogP contribution in [-0.4, -0.2) is 36.6 Å². The van der Waals surface area contributed by atoms with Crippen LogP contribution in [0.5, 0.6) is 0 Å². The third-order valence-corrected chi connectivity index (χ3v) is 3.68. The van der Waals surface area contributed by atoms with Gasteiger partial charge in [0.2, 0.25) is 0 Å². The summed E-state index contributed by atoms with van der Waals surface area (Å²) in [6.45, 7) is 3.45. The lowest BCUT2D eigenvalue weighted by Gasteiger charge is -2.29. The first kappa shape index (κ1) is 11.9. The summed E-state index contributed by atoms with van der Waals surface area (Å²) in [4.78, 5) is 6.72. The fraction of sp³-hybridized carbons (Fsp3) is 0.583. The highest BCUT2D eigenvalue weighted by molar-refractivity contribution is 9.10. The van der Waals surface area contributed by atoms with Crippen LogP contribution in [0.4, 0.5) is 5.82 Å². The fourth-order valence-electron chi connectivity index (χ4n) is 2.20. The molecule has 4 heteroatoms. The Morgan fingerprint density at radius 2 is 2.50 bits per heavy atom. The lowest BCUT2D eigenvalue weighted by atomic mass is 9.98. The molecular weight excluding hydrogens is 266 g/mol. The molecule has 1 saturated heterocycles. The van der Waals surface area contributed by atoms with Gasteiger partial charge >= 0.3 is 0 Å². The summed E-state index contributed by atoms with van der Waals surface area (Å²) in [6.07, 6.45) is 4.45. The predicted octanol–water partition coefficient (Wildman–Crippen LogP) is 2.60. The van der Waals surface area contributed by atoms with Crippen LogP contribution in [0.15, 0.2) is 22.8 Å². The lowest BCUT2D eigenvalue weighted by molar-refractivity contribution is 0.217. The highest BCUT2D eigenvalue weighted by Crippen LogP contribution is 2.20. The van der Waals surface area contributed by atoms with E-state index in [2.05, 4.69) is 38.2 Å². The molecule has 88 valence electrons. The Morgan fingerprint density at radius 3 is 3.25 bits per heavy atom. The number of hydrogen-bond acceptors (Lipinski definition) is 3. The Labute approximate surface area is 105 Å². The van der Waals surface area contributed by atoms with Crippen LogP contribution in [0.3, 0.4) is 0 Å². The van der Waals surface area contributed by atoms with E-state index in [1.54, 1.807) is 0 Å². The molecule has 0 aliphatic carbocycles.